The summed E-state index contributed by atoms with van der Waals surface area (Å²) in [5, 5.41) is 3.95. The van der Waals surface area contributed by atoms with Crippen molar-refractivity contribution >= 4 is 15.9 Å². The van der Waals surface area contributed by atoms with Gasteiger partial charge >= 0.3 is 0 Å². The fourth-order valence-electron chi connectivity index (χ4n) is 2.87. The highest BCUT2D eigenvalue weighted by Gasteiger charge is 2.18. The van der Waals surface area contributed by atoms with Crippen LogP contribution in [0, 0.1) is 0 Å². The monoisotopic (exact) mass is 335 g/mol. The molecule has 1 saturated carbocycles. The molecule has 1 aromatic heterocycles. The number of hydrogen-bond acceptors (Lipinski definition) is 4. The van der Waals surface area contributed by atoms with Gasteiger partial charge in [0.25, 0.3) is 0 Å². The summed E-state index contributed by atoms with van der Waals surface area (Å²) in [4.78, 5) is 4.26. The third-order valence-electron chi connectivity index (χ3n) is 3.95. The zero-order valence-electron chi connectivity index (χ0n) is 11.3. The minimum absolute atomic E-state index is 0.272. The maximum absolute atomic E-state index is 5.49. The van der Waals surface area contributed by atoms with Gasteiger partial charge in [0.05, 0.1) is 6.54 Å². The van der Waals surface area contributed by atoms with E-state index in [0.29, 0.717) is 17.6 Å². The molecular weight excluding hydrogens is 318 g/mol. The molecule has 0 unspecified atom stereocenters. The molecule has 1 aromatic carbocycles. The largest absolute Gasteiger partial charge is 0.338 e. The third kappa shape index (κ3) is 2.79. The zero-order valence-corrected chi connectivity index (χ0v) is 12.9. The highest BCUT2D eigenvalue weighted by Crippen LogP contribution is 2.37. The first-order chi connectivity index (χ1) is 9.78. The molecule has 1 heterocycles. The topological polar surface area (TPSA) is 64.9 Å². The van der Waals surface area contributed by atoms with E-state index in [1.165, 1.54) is 37.7 Å². The first kappa shape index (κ1) is 13.8. The number of halogens is 1. The normalized spacial score (nSPS) is 16.5. The fourth-order valence-corrected chi connectivity index (χ4v) is 3.57. The van der Waals surface area contributed by atoms with Crippen molar-refractivity contribution < 1.29 is 4.52 Å². The Balaban J connectivity index is 1.86. The molecule has 4 nitrogen and oxygen atoms in total. The van der Waals surface area contributed by atoms with Crippen LogP contribution in [-0.4, -0.2) is 10.1 Å². The molecule has 5 heteroatoms. The molecule has 0 bridgehead atoms. The Morgan fingerprint density at radius 1 is 1.25 bits per heavy atom. The van der Waals surface area contributed by atoms with Crippen LogP contribution in [0.2, 0.25) is 0 Å². The maximum Gasteiger partial charge on any atom is 0.240 e. The van der Waals surface area contributed by atoms with Gasteiger partial charge in [0.15, 0.2) is 0 Å². The lowest BCUT2D eigenvalue weighted by molar-refractivity contribution is 0.380. The van der Waals surface area contributed by atoms with E-state index in [4.69, 9.17) is 10.3 Å². The predicted octanol–water partition coefficient (Wildman–Crippen LogP) is 4.01. The van der Waals surface area contributed by atoms with E-state index in [-0.39, 0.29) is 6.54 Å². The average Bonchev–Trinajstić information content (AvgIpc) is 2.97. The van der Waals surface area contributed by atoms with Gasteiger partial charge in [-0.25, -0.2) is 0 Å². The molecule has 0 spiro atoms. The maximum atomic E-state index is 5.49. The van der Waals surface area contributed by atoms with Crippen molar-refractivity contribution in [1.29, 1.82) is 0 Å². The average molecular weight is 336 g/mol. The van der Waals surface area contributed by atoms with Crippen molar-refractivity contribution in [3.05, 3.63) is 34.1 Å². The van der Waals surface area contributed by atoms with Crippen LogP contribution in [0.3, 0.4) is 0 Å². The van der Waals surface area contributed by atoms with Gasteiger partial charge in [0, 0.05) is 10.0 Å². The second kappa shape index (κ2) is 6.06. The molecule has 0 aliphatic heterocycles. The van der Waals surface area contributed by atoms with Gasteiger partial charge in [0.1, 0.15) is 0 Å². The molecule has 0 radical (unpaired) electrons. The number of aromatic nitrogens is 2. The summed E-state index contributed by atoms with van der Waals surface area (Å²) in [7, 11) is 0. The molecule has 106 valence electrons. The summed E-state index contributed by atoms with van der Waals surface area (Å²) in [5.41, 5.74) is 7.84. The van der Waals surface area contributed by atoms with Gasteiger partial charge in [-0.15, -0.1) is 0 Å². The van der Waals surface area contributed by atoms with Gasteiger partial charge in [0.2, 0.25) is 11.7 Å². The molecule has 2 aromatic rings. The Labute approximate surface area is 126 Å². The van der Waals surface area contributed by atoms with E-state index in [0.717, 1.165) is 10.0 Å². The number of benzene rings is 1. The molecule has 1 aliphatic rings. The Hall–Kier alpha value is -1.20. The Morgan fingerprint density at radius 3 is 2.70 bits per heavy atom. The standard InChI is InChI=1S/C15H18BrN3O/c16-13-8-11(15-18-14(9-17)20-19-15)6-7-12(13)10-4-2-1-3-5-10/h6-8,10H,1-5,9,17H2. The Bertz CT molecular complexity index is 591. The molecule has 1 aliphatic carbocycles. The third-order valence-corrected chi connectivity index (χ3v) is 4.63. The van der Waals surface area contributed by atoms with Crippen LogP contribution < -0.4 is 5.73 Å². The van der Waals surface area contributed by atoms with Gasteiger partial charge < -0.3 is 10.3 Å². The SMILES string of the molecule is NCc1nc(-c2ccc(C3CCCCC3)c(Br)c2)no1. The number of nitrogens with zero attached hydrogens (tertiary/aromatic N) is 2. The van der Waals surface area contributed by atoms with Crippen molar-refractivity contribution in [3.63, 3.8) is 0 Å². The Kier molecular flexibility index (Phi) is 4.17. The lowest BCUT2D eigenvalue weighted by Gasteiger charge is -2.23. The number of hydrogen-bond donors (Lipinski definition) is 1. The zero-order chi connectivity index (χ0) is 13.9. The number of rotatable bonds is 3. The summed E-state index contributed by atoms with van der Waals surface area (Å²) < 4.78 is 6.19. The second-order valence-electron chi connectivity index (χ2n) is 5.29. The van der Waals surface area contributed by atoms with Crippen molar-refractivity contribution in [1.82, 2.24) is 10.1 Å². The smallest absolute Gasteiger partial charge is 0.240 e. The summed E-state index contributed by atoms with van der Waals surface area (Å²) in [6, 6.07) is 6.34. The lowest BCUT2D eigenvalue weighted by Crippen LogP contribution is -2.05. The van der Waals surface area contributed by atoms with E-state index >= 15 is 0 Å². The number of nitrogens with two attached hydrogens (primary N) is 1. The minimum atomic E-state index is 0.272. The van der Waals surface area contributed by atoms with Crippen molar-refractivity contribution in [3.8, 4) is 11.4 Å². The highest BCUT2D eigenvalue weighted by molar-refractivity contribution is 9.10. The first-order valence-electron chi connectivity index (χ1n) is 7.10. The van der Waals surface area contributed by atoms with Crippen molar-refractivity contribution in [2.75, 3.05) is 0 Å². The fraction of sp³-hybridized carbons (Fsp3) is 0.467. The summed E-state index contributed by atoms with van der Waals surface area (Å²) in [6.45, 7) is 0.272. The summed E-state index contributed by atoms with van der Waals surface area (Å²) in [5.74, 6) is 1.74. The molecule has 2 N–H and O–H groups in total. The quantitative estimate of drug-likeness (QED) is 0.920. The van der Waals surface area contributed by atoms with Gasteiger partial charge in [-0.05, 0) is 30.4 Å². The summed E-state index contributed by atoms with van der Waals surface area (Å²) in [6.07, 6.45) is 6.62. The van der Waals surface area contributed by atoms with Crippen LogP contribution in [-0.2, 0) is 6.54 Å². The Morgan fingerprint density at radius 2 is 2.05 bits per heavy atom. The van der Waals surface area contributed by atoms with Crippen LogP contribution in [0.4, 0.5) is 0 Å². The van der Waals surface area contributed by atoms with E-state index in [1.54, 1.807) is 0 Å². The molecule has 0 saturated heterocycles. The van der Waals surface area contributed by atoms with E-state index in [1.807, 2.05) is 0 Å². The van der Waals surface area contributed by atoms with E-state index < -0.39 is 0 Å². The van der Waals surface area contributed by atoms with E-state index in [2.05, 4.69) is 44.3 Å². The highest BCUT2D eigenvalue weighted by atomic mass is 79.9. The molecule has 0 amide bonds. The van der Waals surface area contributed by atoms with Crippen molar-refractivity contribution in [2.24, 2.45) is 5.73 Å². The summed E-state index contributed by atoms with van der Waals surface area (Å²) >= 11 is 3.69. The van der Waals surface area contributed by atoms with Crippen LogP contribution in [0.5, 0.6) is 0 Å². The molecule has 1 fully saturated rings. The van der Waals surface area contributed by atoms with Crippen LogP contribution in [0.15, 0.2) is 27.2 Å². The molecular formula is C15H18BrN3O. The van der Waals surface area contributed by atoms with Crippen LogP contribution >= 0.6 is 15.9 Å². The van der Waals surface area contributed by atoms with Crippen molar-refractivity contribution in [2.45, 2.75) is 44.6 Å². The molecule has 20 heavy (non-hydrogen) atoms. The van der Waals surface area contributed by atoms with Gasteiger partial charge in [-0.3, -0.25) is 0 Å². The second-order valence-corrected chi connectivity index (χ2v) is 6.14. The van der Waals surface area contributed by atoms with Crippen LogP contribution in [0.25, 0.3) is 11.4 Å². The van der Waals surface area contributed by atoms with Crippen LogP contribution in [0.1, 0.15) is 49.5 Å². The first-order valence-corrected chi connectivity index (χ1v) is 7.89. The molecule has 0 atom stereocenters. The lowest BCUT2D eigenvalue weighted by atomic mass is 9.84. The predicted molar refractivity (Wildman–Crippen MR) is 81.2 cm³/mol. The van der Waals surface area contributed by atoms with Gasteiger partial charge in [-0.2, -0.15) is 4.98 Å². The van der Waals surface area contributed by atoms with Gasteiger partial charge in [-0.1, -0.05) is 52.5 Å². The molecule has 3 rings (SSSR count). The van der Waals surface area contributed by atoms with E-state index in [9.17, 15) is 0 Å². The minimum Gasteiger partial charge on any atom is -0.338 e.